The van der Waals surface area contributed by atoms with E-state index in [2.05, 4.69) is 4.18 Å². The molecule has 0 aliphatic carbocycles. The van der Waals surface area contributed by atoms with Crippen molar-refractivity contribution >= 4 is 22.3 Å². The number of methoxy groups -OCH3 is 1. The monoisotopic (exact) mass is 418 g/mol. The first kappa shape index (κ1) is 21.7. The Bertz CT molecular complexity index is 1090. The van der Waals surface area contributed by atoms with Crippen LogP contribution in [0.25, 0.3) is 22.3 Å². The van der Waals surface area contributed by atoms with E-state index in [1.807, 2.05) is 0 Å². The van der Waals surface area contributed by atoms with E-state index in [1.165, 1.54) is 25.3 Å². The van der Waals surface area contributed by atoms with Gasteiger partial charge in [0.05, 0.1) is 7.11 Å². The molecule has 3 rings (SSSR count). The van der Waals surface area contributed by atoms with Gasteiger partial charge in [-0.2, -0.15) is 0 Å². The number of aromatic hydroxyl groups is 3. The number of rotatable bonds is 4. The maximum absolute atomic E-state index is 12.6. The van der Waals surface area contributed by atoms with Gasteiger partial charge in [0.1, 0.15) is 33.8 Å². The number of hydrogen-bond acceptors (Lipinski definition) is 9. The van der Waals surface area contributed by atoms with Gasteiger partial charge in [0, 0.05) is 17.7 Å². The second-order valence-electron chi connectivity index (χ2n) is 5.10. The maximum Gasteiger partial charge on any atom is 1.00 e. The minimum atomic E-state index is -3.10. The van der Waals surface area contributed by atoms with Crippen LogP contribution in [0.5, 0.6) is 28.7 Å². The van der Waals surface area contributed by atoms with Crippen molar-refractivity contribution in [1.29, 1.82) is 0 Å². The molecule has 0 amide bonds. The molecule has 1 heterocycles. The van der Waals surface area contributed by atoms with Crippen molar-refractivity contribution in [2.75, 3.05) is 7.11 Å². The molecule has 0 fully saturated rings. The standard InChI is InChI=1S/C16H12O9S.K/c1-23-11-4-7(2-3-9(11)18)15-16(25-26(21)22)14(20)13-10(19)5-8(17)6-12(13)24-15;/h2-6,17-19H,1H3,(H,21,22);/q;+1/p-1. The Balaban J connectivity index is 0.00000261. The average molecular weight is 418 g/mol. The van der Waals surface area contributed by atoms with E-state index in [0.29, 0.717) is 0 Å². The molecule has 11 heteroatoms. The largest absolute Gasteiger partial charge is 1.00 e. The Kier molecular flexibility index (Phi) is 6.91. The molecule has 3 aromatic rings. The molecular weight excluding hydrogens is 407 g/mol. The van der Waals surface area contributed by atoms with Crippen molar-refractivity contribution in [2.45, 2.75) is 0 Å². The molecule has 3 N–H and O–H groups in total. The van der Waals surface area contributed by atoms with Crippen LogP contribution >= 0.6 is 0 Å². The molecule has 27 heavy (non-hydrogen) atoms. The van der Waals surface area contributed by atoms with E-state index in [1.54, 1.807) is 0 Å². The van der Waals surface area contributed by atoms with Crippen LogP contribution in [0.1, 0.15) is 0 Å². The van der Waals surface area contributed by atoms with E-state index < -0.39 is 28.3 Å². The zero-order valence-corrected chi connectivity index (χ0v) is 18.0. The molecule has 0 radical (unpaired) electrons. The van der Waals surface area contributed by atoms with E-state index in [4.69, 9.17) is 9.15 Å². The quantitative estimate of drug-likeness (QED) is 0.349. The van der Waals surface area contributed by atoms with Crippen molar-refractivity contribution in [1.82, 2.24) is 0 Å². The summed E-state index contributed by atoms with van der Waals surface area (Å²) in [5.41, 5.74) is -1.00. The Morgan fingerprint density at radius 1 is 1.11 bits per heavy atom. The molecule has 136 valence electrons. The minimum Gasteiger partial charge on any atom is -0.740 e. The van der Waals surface area contributed by atoms with Crippen LogP contribution < -0.4 is 65.7 Å². The molecule has 0 saturated heterocycles. The first-order valence-corrected chi connectivity index (χ1v) is 7.99. The Hall–Kier alpha value is -1.60. The van der Waals surface area contributed by atoms with Crippen LogP contribution in [0.15, 0.2) is 39.5 Å². The third kappa shape index (κ3) is 4.29. The van der Waals surface area contributed by atoms with Gasteiger partial charge in [0.2, 0.25) is 11.2 Å². The van der Waals surface area contributed by atoms with Gasteiger partial charge < -0.3 is 33.2 Å². The first-order valence-electron chi connectivity index (χ1n) is 6.99. The van der Waals surface area contributed by atoms with Gasteiger partial charge in [-0.3, -0.25) is 4.79 Å². The van der Waals surface area contributed by atoms with Gasteiger partial charge in [0.15, 0.2) is 17.3 Å². The summed E-state index contributed by atoms with van der Waals surface area (Å²) in [7, 11) is 1.30. The van der Waals surface area contributed by atoms with Gasteiger partial charge in [-0.05, 0) is 18.2 Å². The van der Waals surface area contributed by atoms with Crippen LogP contribution in [-0.4, -0.2) is 31.2 Å². The van der Waals surface area contributed by atoms with Gasteiger partial charge >= 0.3 is 51.4 Å². The summed E-state index contributed by atoms with van der Waals surface area (Å²) in [4.78, 5) is 12.6. The third-order valence-corrected chi connectivity index (χ3v) is 3.81. The van der Waals surface area contributed by atoms with Crippen LogP contribution in [0.2, 0.25) is 0 Å². The van der Waals surface area contributed by atoms with Crippen LogP contribution in [0.3, 0.4) is 0 Å². The van der Waals surface area contributed by atoms with E-state index in [0.717, 1.165) is 12.1 Å². The molecule has 0 aliphatic rings. The SMILES string of the molecule is COc1cc(-c2oc3cc(O)cc(O)c3c(=O)c2OS(=O)[O-])ccc1O.[K+]. The molecule has 2 aromatic carbocycles. The van der Waals surface area contributed by atoms with E-state index in [-0.39, 0.29) is 90.9 Å². The van der Waals surface area contributed by atoms with E-state index in [9.17, 15) is 28.9 Å². The number of hydrogen-bond donors (Lipinski definition) is 3. The predicted molar refractivity (Wildman–Crippen MR) is 89.0 cm³/mol. The second kappa shape index (κ2) is 8.60. The number of phenols is 3. The number of ether oxygens (including phenoxy) is 1. The molecule has 0 spiro atoms. The Morgan fingerprint density at radius 2 is 1.81 bits per heavy atom. The molecule has 1 unspecified atom stereocenters. The molecule has 1 atom stereocenters. The van der Waals surface area contributed by atoms with Crippen molar-refractivity contribution in [3.05, 3.63) is 40.6 Å². The molecule has 0 aliphatic heterocycles. The maximum atomic E-state index is 12.6. The second-order valence-corrected chi connectivity index (χ2v) is 5.68. The number of phenolic OH excluding ortho intramolecular Hbond substituents is 3. The smallest absolute Gasteiger partial charge is 0.740 e. The molecule has 0 saturated carbocycles. The average Bonchev–Trinajstić information content (AvgIpc) is 2.56. The summed E-state index contributed by atoms with van der Waals surface area (Å²) in [6.07, 6.45) is 0. The van der Waals surface area contributed by atoms with Gasteiger partial charge in [-0.25, -0.2) is 4.21 Å². The zero-order chi connectivity index (χ0) is 19.0. The summed E-state index contributed by atoms with van der Waals surface area (Å²) in [5.74, 6) is -2.11. The predicted octanol–water partition coefficient (Wildman–Crippen LogP) is -1.24. The van der Waals surface area contributed by atoms with Crippen LogP contribution in [-0.2, 0) is 11.4 Å². The fraction of sp³-hybridized carbons (Fsp3) is 0.0625. The molecule has 9 nitrogen and oxygen atoms in total. The summed E-state index contributed by atoms with van der Waals surface area (Å²) >= 11 is -3.10. The van der Waals surface area contributed by atoms with Crippen molar-refractivity contribution in [2.24, 2.45) is 0 Å². The summed E-state index contributed by atoms with van der Waals surface area (Å²) in [5, 5.41) is 28.8. The summed E-state index contributed by atoms with van der Waals surface area (Å²) < 4.78 is 37.0. The molecule has 0 bridgehead atoms. The summed E-state index contributed by atoms with van der Waals surface area (Å²) in [6, 6.07) is 5.86. The third-order valence-electron chi connectivity index (χ3n) is 3.51. The fourth-order valence-corrected chi connectivity index (χ4v) is 2.71. The first-order chi connectivity index (χ1) is 12.3. The van der Waals surface area contributed by atoms with Crippen molar-refractivity contribution in [3.63, 3.8) is 0 Å². The minimum absolute atomic E-state index is 0. The fourth-order valence-electron chi connectivity index (χ4n) is 2.42. The van der Waals surface area contributed by atoms with Crippen molar-refractivity contribution < 1.29 is 88.8 Å². The Morgan fingerprint density at radius 3 is 2.44 bits per heavy atom. The van der Waals surface area contributed by atoms with Gasteiger partial charge in [-0.15, -0.1) is 0 Å². The van der Waals surface area contributed by atoms with E-state index >= 15 is 0 Å². The van der Waals surface area contributed by atoms with Crippen LogP contribution in [0, 0.1) is 0 Å². The van der Waals surface area contributed by atoms with Gasteiger partial charge in [0.25, 0.3) is 0 Å². The molecular formula is C16H11KO9S. The zero-order valence-electron chi connectivity index (χ0n) is 14.1. The van der Waals surface area contributed by atoms with Crippen molar-refractivity contribution in [3.8, 4) is 40.1 Å². The topological polar surface area (TPSA) is 149 Å². The number of benzene rings is 2. The van der Waals surface area contributed by atoms with Crippen LogP contribution in [0.4, 0.5) is 0 Å². The van der Waals surface area contributed by atoms with Gasteiger partial charge in [-0.1, -0.05) is 0 Å². The number of fused-ring (bicyclic) bond motifs is 1. The Labute approximate surface area is 197 Å². The molecule has 1 aromatic heterocycles. The normalized spacial score (nSPS) is 11.6. The summed E-state index contributed by atoms with van der Waals surface area (Å²) in [6.45, 7) is 0.